The molecule has 10 nitrogen and oxygen atoms in total. The van der Waals surface area contributed by atoms with Crippen molar-refractivity contribution in [1.29, 1.82) is 0 Å². The molecule has 206 valence electrons. The molecule has 0 spiro atoms. The maximum Gasteiger partial charge on any atom is 0.355 e. The number of thioether (sulfide) groups is 1. The van der Waals surface area contributed by atoms with Gasteiger partial charge in [-0.25, -0.2) is 4.79 Å². The summed E-state index contributed by atoms with van der Waals surface area (Å²) >= 11 is 1.79. The molecule has 38 heavy (non-hydrogen) atoms. The fourth-order valence-electron chi connectivity index (χ4n) is 6.46. The number of β-lactam (4-membered cyclic amide) rings is 1. The molecule has 3 saturated heterocycles. The number of esters is 1. The van der Waals surface area contributed by atoms with E-state index in [2.05, 4.69) is 24.2 Å². The molecule has 6 atom stereocenters. The second-order valence-electron chi connectivity index (χ2n) is 11.3. The monoisotopic (exact) mass is 544 g/mol. The first-order valence-electron chi connectivity index (χ1n) is 13.3. The zero-order valence-corrected chi connectivity index (χ0v) is 22.9. The Morgan fingerprint density at radius 3 is 2.63 bits per heavy atom. The number of amides is 1. The molecule has 0 aliphatic carbocycles. The summed E-state index contributed by atoms with van der Waals surface area (Å²) in [5, 5.41) is 25.3. The number of carbonyl (C=O) groups excluding carboxylic acids is 2. The number of likely N-dealkylation sites (tertiary alicyclic amines) is 1. The molecule has 2 N–H and O–H groups in total. The van der Waals surface area contributed by atoms with Crippen molar-refractivity contribution in [2.24, 2.45) is 11.8 Å². The molecule has 11 heteroatoms. The molecule has 1 amide bonds. The number of aliphatic hydroxyl groups is 1. The Labute approximate surface area is 226 Å². The van der Waals surface area contributed by atoms with Gasteiger partial charge in [0.25, 0.3) is 5.69 Å². The fourth-order valence-corrected chi connectivity index (χ4v) is 8.23. The van der Waals surface area contributed by atoms with Crippen LogP contribution < -0.4 is 5.32 Å². The largest absolute Gasteiger partial charge is 0.456 e. The molecule has 4 heterocycles. The van der Waals surface area contributed by atoms with Crippen molar-refractivity contribution in [2.45, 2.75) is 67.9 Å². The van der Waals surface area contributed by atoms with E-state index >= 15 is 0 Å². The number of rotatable bonds is 8. The third kappa shape index (κ3) is 5.09. The van der Waals surface area contributed by atoms with Gasteiger partial charge in [-0.05, 0) is 82.9 Å². The Balaban J connectivity index is 1.27. The van der Waals surface area contributed by atoms with Crippen LogP contribution in [0.1, 0.15) is 38.7 Å². The number of nitro benzene ring substituents is 1. The van der Waals surface area contributed by atoms with E-state index < -0.39 is 27.7 Å². The normalized spacial score (nSPS) is 32.5. The van der Waals surface area contributed by atoms with Gasteiger partial charge in [0.1, 0.15) is 12.3 Å². The van der Waals surface area contributed by atoms with Gasteiger partial charge in [0.2, 0.25) is 5.91 Å². The van der Waals surface area contributed by atoms with E-state index in [-0.39, 0.29) is 29.9 Å². The predicted molar refractivity (Wildman–Crippen MR) is 143 cm³/mol. The predicted octanol–water partition coefficient (Wildman–Crippen LogP) is 2.31. The van der Waals surface area contributed by atoms with Gasteiger partial charge in [-0.3, -0.25) is 14.9 Å². The first kappa shape index (κ1) is 27.1. The highest BCUT2D eigenvalue weighted by molar-refractivity contribution is 8.01. The molecule has 3 fully saturated rings. The van der Waals surface area contributed by atoms with Crippen molar-refractivity contribution in [1.82, 2.24) is 15.1 Å². The Hall–Kier alpha value is -2.47. The number of nitrogens with zero attached hydrogens (tertiary/aromatic N) is 3. The SMILES string of the molecule is C[C@@H](O)[C@H]1C(=O)N2C(C(=O)OCc3ccc([N+](=O)[O-])cc3)=C[C@@](C)(S[C@@H]3CN[C@H](C4CCN(C)CC4)C3)[C@H]12. The lowest BCUT2D eigenvalue weighted by atomic mass is 9.78. The minimum atomic E-state index is -0.818. The number of ether oxygens (including phenoxy) is 1. The average molecular weight is 545 g/mol. The molecule has 0 radical (unpaired) electrons. The summed E-state index contributed by atoms with van der Waals surface area (Å²) in [6.07, 6.45) is 4.47. The molecular weight excluding hydrogens is 508 g/mol. The highest BCUT2D eigenvalue weighted by Crippen LogP contribution is 2.53. The van der Waals surface area contributed by atoms with Crippen LogP contribution >= 0.6 is 11.8 Å². The second kappa shape index (κ2) is 10.6. The number of fused-ring (bicyclic) bond motifs is 1. The Morgan fingerprint density at radius 1 is 1.32 bits per heavy atom. The Kier molecular flexibility index (Phi) is 7.56. The molecule has 0 aromatic heterocycles. The van der Waals surface area contributed by atoms with Gasteiger partial charge in [0.15, 0.2) is 0 Å². The minimum absolute atomic E-state index is 0.0379. The lowest BCUT2D eigenvalue weighted by Crippen LogP contribution is -2.67. The number of hydrogen-bond acceptors (Lipinski definition) is 9. The van der Waals surface area contributed by atoms with E-state index in [0.717, 1.165) is 26.1 Å². The maximum absolute atomic E-state index is 13.1. The van der Waals surface area contributed by atoms with Crippen LogP contribution in [0.5, 0.6) is 0 Å². The molecular formula is C27H36N4O6S. The molecule has 4 aliphatic heterocycles. The number of nitro groups is 1. The van der Waals surface area contributed by atoms with Gasteiger partial charge < -0.3 is 25.0 Å². The summed E-state index contributed by atoms with van der Waals surface area (Å²) in [4.78, 5) is 40.4. The molecule has 1 aromatic carbocycles. The highest BCUT2D eigenvalue weighted by atomic mass is 32.2. The van der Waals surface area contributed by atoms with Crippen molar-refractivity contribution in [2.75, 3.05) is 26.7 Å². The first-order chi connectivity index (χ1) is 18.1. The van der Waals surface area contributed by atoms with Crippen LogP contribution in [-0.4, -0.2) is 86.6 Å². The van der Waals surface area contributed by atoms with Crippen LogP contribution in [0.25, 0.3) is 0 Å². The number of carbonyl (C=O) groups is 2. The molecule has 0 bridgehead atoms. The van der Waals surface area contributed by atoms with Crippen molar-refractivity contribution < 1.29 is 24.4 Å². The topological polar surface area (TPSA) is 125 Å². The third-order valence-electron chi connectivity index (χ3n) is 8.53. The standard InChI is InChI=1S/C27H36N4O6S/c1-16(32)23-24-27(2,38-20-12-21(28-14-20)18-8-10-29(3)11-9-18)13-22(30(24)25(23)33)26(34)37-15-17-4-6-19(7-5-17)31(35)36/h4-7,13,16,18,20-21,23-24,28,32H,8-12,14-15H2,1-3H3/t16-,20+,21+,23-,24+,27-/m1/s1. The molecule has 0 saturated carbocycles. The smallest absolute Gasteiger partial charge is 0.355 e. The van der Waals surface area contributed by atoms with Crippen LogP contribution in [0, 0.1) is 22.0 Å². The van der Waals surface area contributed by atoms with E-state index in [1.54, 1.807) is 30.8 Å². The third-order valence-corrected chi connectivity index (χ3v) is 10.1. The Bertz CT molecular complexity index is 1120. The Morgan fingerprint density at radius 2 is 2.00 bits per heavy atom. The number of aliphatic hydroxyl groups excluding tert-OH is 1. The van der Waals surface area contributed by atoms with Gasteiger partial charge in [-0.1, -0.05) is 0 Å². The van der Waals surface area contributed by atoms with Gasteiger partial charge in [-0.15, -0.1) is 11.8 Å². The molecule has 4 aliphatic rings. The zero-order chi connectivity index (χ0) is 27.2. The molecule has 1 aromatic rings. The lowest BCUT2D eigenvalue weighted by Gasteiger charge is -2.50. The number of benzene rings is 1. The van der Waals surface area contributed by atoms with E-state index in [9.17, 15) is 24.8 Å². The van der Waals surface area contributed by atoms with Crippen LogP contribution in [0.2, 0.25) is 0 Å². The van der Waals surface area contributed by atoms with Gasteiger partial charge in [0.05, 0.1) is 27.7 Å². The second-order valence-corrected chi connectivity index (χ2v) is 13.0. The highest BCUT2D eigenvalue weighted by Gasteiger charge is 2.64. The quantitative estimate of drug-likeness (QED) is 0.219. The van der Waals surface area contributed by atoms with E-state index in [1.165, 1.54) is 29.9 Å². The summed E-state index contributed by atoms with van der Waals surface area (Å²) in [5.41, 5.74) is 0.792. The molecule has 5 rings (SSSR count). The summed E-state index contributed by atoms with van der Waals surface area (Å²) in [7, 11) is 2.17. The van der Waals surface area contributed by atoms with Crippen LogP contribution in [-0.2, 0) is 20.9 Å². The van der Waals surface area contributed by atoms with Gasteiger partial charge in [-0.2, -0.15) is 0 Å². The van der Waals surface area contributed by atoms with Crippen molar-refractivity contribution >= 4 is 29.3 Å². The van der Waals surface area contributed by atoms with Crippen molar-refractivity contribution in [3.05, 3.63) is 51.7 Å². The lowest BCUT2D eigenvalue weighted by molar-refractivity contribution is -0.384. The van der Waals surface area contributed by atoms with E-state index in [4.69, 9.17) is 4.74 Å². The maximum atomic E-state index is 13.1. The first-order valence-corrected chi connectivity index (χ1v) is 14.2. The number of non-ortho nitro benzene ring substituents is 1. The summed E-state index contributed by atoms with van der Waals surface area (Å²) in [6.45, 7) is 6.75. The summed E-state index contributed by atoms with van der Waals surface area (Å²) in [5.74, 6) is -0.770. The number of nitrogens with one attached hydrogen (secondary N) is 1. The van der Waals surface area contributed by atoms with Crippen LogP contribution in [0.4, 0.5) is 5.69 Å². The van der Waals surface area contributed by atoms with E-state index in [1.807, 2.05) is 6.08 Å². The number of piperidine rings is 1. The minimum Gasteiger partial charge on any atom is -0.456 e. The van der Waals surface area contributed by atoms with Gasteiger partial charge >= 0.3 is 5.97 Å². The molecule has 0 unspecified atom stereocenters. The van der Waals surface area contributed by atoms with Crippen LogP contribution in [0.15, 0.2) is 36.0 Å². The fraction of sp³-hybridized carbons (Fsp3) is 0.630. The number of hydrogen-bond donors (Lipinski definition) is 2. The van der Waals surface area contributed by atoms with E-state index in [0.29, 0.717) is 22.8 Å². The summed E-state index contributed by atoms with van der Waals surface area (Å²) < 4.78 is 4.98. The van der Waals surface area contributed by atoms with Gasteiger partial charge in [0, 0.05) is 30.0 Å². The summed E-state index contributed by atoms with van der Waals surface area (Å²) in [6, 6.07) is 5.98. The average Bonchev–Trinajstić information content (AvgIpc) is 3.43. The van der Waals surface area contributed by atoms with Crippen molar-refractivity contribution in [3.63, 3.8) is 0 Å². The van der Waals surface area contributed by atoms with Crippen molar-refractivity contribution in [3.8, 4) is 0 Å². The zero-order valence-electron chi connectivity index (χ0n) is 22.0. The van der Waals surface area contributed by atoms with Crippen LogP contribution in [0.3, 0.4) is 0 Å².